The molecular formula is C18H16FN3O4. The quantitative estimate of drug-likeness (QED) is 0.661. The second-order valence-corrected chi connectivity index (χ2v) is 5.39. The van der Waals surface area contributed by atoms with Crippen molar-refractivity contribution in [3.8, 4) is 5.75 Å². The molecule has 0 aliphatic carbocycles. The number of methoxy groups -OCH3 is 1. The van der Waals surface area contributed by atoms with Gasteiger partial charge in [-0.2, -0.15) is 5.10 Å². The van der Waals surface area contributed by atoms with Crippen LogP contribution in [0.2, 0.25) is 0 Å². The van der Waals surface area contributed by atoms with E-state index in [4.69, 9.17) is 9.47 Å². The van der Waals surface area contributed by atoms with Gasteiger partial charge in [0.25, 0.3) is 11.5 Å². The third-order valence-electron chi connectivity index (χ3n) is 3.65. The fraction of sp³-hybridized carbons (Fsp3) is 0.167. The van der Waals surface area contributed by atoms with Gasteiger partial charge in [-0.1, -0.05) is 18.2 Å². The van der Waals surface area contributed by atoms with E-state index in [0.717, 1.165) is 6.07 Å². The van der Waals surface area contributed by atoms with Gasteiger partial charge < -0.3 is 14.8 Å². The first-order valence-corrected chi connectivity index (χ1v) is 7.80. The molecule has 3 aromatic rings. The van der Waals surface area contributed by atoms with Crippen LogP contribution in [0, 0.1) is 5.82 Å². The summed E-state index contributed by atoms with van der Waals surface area (Å²) in [6.07, 6.45) is 0. The normalized spacial score (nSPS) is 10.7. The summed E-state index contributed by atoms with van der Waals surface area (Å²) in [6.45, 7) is 0.551. The third kappa shape index (κ3) is 3.70. The summed E-state index contributed by atoms with van der Waals surface area (Å²) < 4.78 is 24.1. The lowest BCUT2D eigenvalue weighted by Crippen LogP contribution is -2.19. The van der Waals surface area contributed by atoms with Crippen LogP contribution in [0.25, 0.3) is 10.8 Å². The fourth-order valence-electron chi connectivity index (χ4n) is 2.41. The zero-order chi connectivity index (χ0) is 18.5. The summed E-state index contributed by atoms with van der Waals surface area (Å²) in [4.78, 5) is 24.3. The number of ether oxygens (including phenoxy) is 2. The Bertz CT molecular complexity index is 1000. The molecule has 134 valence electrons. The highest BCUT2D eigenvalue weighted by Crippen LogP contribution is 2.22. The molecule has 1 aromatic heterocycles. The van der Waals surface area contributed by atoms with Crippen LogP contribution in [0.15, 0.2) is 47.3 Å². The van der Waals surface area contributed by atoms with Gasteiger partial charge in [0, 0.05) is 24.2 Å². The number of hydrogen-bond acceptors (Lipinski definition) is 5. The van der Waals surface area contributed by atoms with Crippen LogP contribution in [0.5, 0.6) is 5.75 Å². The first-order chi connectivity index (χ1) is 12.6. The van der Waals surface area contributed by atoms with Gasteiger partial charge in [-0.05, 0) is 18.2 Å². The molecule has 0 unspecified atom stereocenters. The molecule has 0 radical (unpaired) electrons. The smallest absolute Gasteiger partial charge is 0.276 e. The number of aromatic nitrogens is 2. The second-order valence-electron chi connectivity index (χ2n) is 5.39. The summed E-state index contributed by atoms with van der Waals surface area (Å²) in [5.74, 6) is -1.12. The van der Waals surface area contributed by atoms with Crippen molar-refractivity contribution >= 4 is 22.4 Å². The van der Waals surface area contributed by atoms with Crippen LogP contribution in [0.3, 0.4) is 0 Å². The maximum absolute atomic E-state index is 14.1. The van der Waals surface area contributed by atoms with Crippen molar-refractivity contribution in [3.63, 3.8) is 0 Å². The van der Waals surface area contributed by atoms with E-state index in [0.29, 0.717) is 17.4 Å². The Balaban J connectivity index is 1.82. The van der Waals surface area contributed by atoms with Gasteiger partial charge in [-0.15, -0.1) is 0 Å². The molecule has 0 saturated heterocycles. The molecule has 26 heavy (non-hydrogen) atoms. The summed E-state index contributed by atoms with van der Waals surface area (Å²) in [6, 6.07) is 10.7. The molecule has 7 nitrogen and oxygen atoms in total. The largest absolute Gasteiger partial charge is 0.488 e. The number of nitrogens with one attached hydrogen (secondary N) is 2. The molecule has 3 rings (SSSR count). The fourth-order valence-corrected chi connectivity index (χ4v) is 2.41. The molecule has 0 bridgehead atoms. The van der Waals surface area contributed by atoms with E-state index in [-0.39, 0.29) is 29.3 Å². The first-order valence-electron chi connectivity index (χ1n) is 7.80. The summed E-state index contributed by atoms with van der Waals surface area (Å²) >= 11 is 0. The van der Waals surface area contributed by atoms with Gasteiger partial charge in [0.1, 0.15) is 6.61 Å². The van der Waals surface area contributed by atoms with E-state index < -0.39 is 11.7 Å². The molecule has 8 heteroatoms. The zero-order valence-electron chi connectivity index (χ0n) is 13.9. The number of nitrogens with zero attached hydrogens (tertiary/aromatic N) is 1. The van der Waals surface area contributed by atoms with E-state index in [1.807, 2.05) is 0 Å². The van der Waals surface area contributed by atoms with E-state index in [9.17, 15) is 14.0 Å². The minimum Gasteiger partial charge on any atom is -0.488 e. The Hall–Kier alpha value is -3.26. The van der Waals surface area contributed by atoms with Crippen LogP contribution in [-0.2, 0) is 4.74 Å². The van der Waals surface area contributed by atoms with Crippen LogP contribution in [0.1, 0.15) is 10.5 Å². The van der Waals surface area contributed by atoms with Crippen molar-refractivity contribution < 1.29 is 18.7 Å². The first kappa shape index (κ1) is 17.6. The molecule has 0 spiro atoms. The maximum Gasteiger partial charge on any atom is 0.276 e. The SMILES string of the molecule is COCCOc1ccc(NC(=O)c2n[nH]c(=O)c3ccccc23)cc1F. The average molecular weight is 357 g/mol. The Labute approximate surface area is 147 Å². The van der Waals surface area contributed by atoms with Crippen LogP contribution < -0.4 is 15.6 Å². The Morgan fingerprint density at radius 2 is 1.96 bits per heavy atom. The monoisotopic (exact) mass is 357 g/mol. The Morgan fingerprint density at radius 3 is 2.69 bits per heavy atom. The number of hydrogen-bond donors (Lipinski definition) is 2. The van der Waals surface area contributed by atoms with Crippen LogP contribution >= 0.6 is 0 Å². The molecule has 2 N–H and O–H groups in total. The number of benzene rings is 2. The Kier molecular flexibility index (Phi) is 5.23. The number of H-pyrrole nitrogens is 1. The maximum atomic E-state index is 14.1. The van der Waals surface area contributed by atoms with Crippen molar-refractivity contribution in [1.82, 2.24) is 10.2 Å². The van der Waals surface area contributed by atoms with E-state index >= 15 is 0 Å². The molecule has 0 fully saturated rings. The summed E-state index contributed by atoms with van der Waals surface area (Å²) in [5.41, 5.74) is -0.106. The standard InChI is InChI=1S/C18H16FN3O4/c1-25-8-9-26-15-7-6-11(10-14(15)19)20-18(24)16-12-4-2-3-5-13(12)17(23)22-21-16/h2-7,10H,8-9H2,1H3,(H,20,24)(H,22,23). The van der Waals surface area contributed by atoms with Crippen molar-refractivity contribution in [2.24, 2.45) is 0 Å². The number of carbonyl (C=O) groups excluding carboxylic acids is 1. The highest BCUT2D eigenvalue weighted by Gasteiger charge is 2.15. The second kappa shape index (κ2) is 7.75. The molecule has 0 saturated carbocycles. The predicted octanol–water partition coefficient (Wildman–Crippen LogP) is 2.34. The summed E-state index contributed by atoms with van der Waals surface area (Å²) in [7, 11) is 1.52. The van der Waals surface area contributed by atoms with E-state index in [1.54, 1.807) is 24.3 Å². The number of rotatable bonds is 6. The number of aromatic amines is 1. The number of carbonyl (C=O) groups is 1. The molecule has 2 aromatic carbocycles. The Morgan fingerprint density at radius 1 is 1.19 bits per heavy atom. The molecule has 1 heterocycles. The zero-order valence-corrected chi connectivity index (χ0v) is 13.9. The van der Waals surface area contributed by atoms with E-state index in [2.05, 4.69) is 15.5 Å². The van der Waals surface area contributed by atoms with Gasteiger partial charge in [-0.25, -0.2) is 9.49 Å². The highest BCUT2D eigenvalue weighted by molar-refractivity contribution is 6.11. The van der Waals surface area contributed by atoms with Gasteiger partial charge in [0.15, 0.2) is 17.3 Å². The highest BCUT2D eigenvalue weighted by atomic mass is 19.1. The van der Waals surface area contributed by atoms with Crippen LogP contribution in [0.4, 0.5) is 10.1 Å². The average Bonchev–Trinajstić information content (AvgIpc) is 2.64. The topological polar surface area (TPSA) is 93.3 Å². The van der Waals surface area contributed by atoms with Gasteiger partial charge in [0.2, 0.25) is 0 Å². The molecule has 1 amide bonds. The summed E-state index contributed by atoms with van der Waals surface area (Å²) in [5, 5.41) is 9.42. The lowest BCUT2D eigenvalue weighted by atomic mass is 10.1. The number of anilines is 1. The van der Waals surface area contributed by atoms with Gasteiger partial charge in [0.05, 0.1) is 12.0 Å². The minimum atomic E-state index is -0.613. The lowest BCUT2D eigenvalue weighted by Gasteiger charge is -2.10. The van der Waals surface area contributed by atoms with Crippen molar-refractivity contribution in [1.29, 1.82) is 0 Å². The molecular weight excluding hydrogens is 341 g/mol. The predicted molar refractivity (Wildman–Crippen MR) is 94.1 cm³/mol. The van der Waals surface area contributed by atoms with Gasteiger partial charge in [-0.3, -0.25) is 9.59 Å². The lowest BCUT2D eigenvalue weighted by molar-refractivity contribution is 0.102. The minimum absolute atomic E-state index is 0.0426. The number of fused-ring (bicyclic) bond motifs is 1. The van der Waals surface area contributed by atoms with Crippen molar-refractivity contribution in [2.75, 3.05) is 25.6 Å². The molecule has 0 aliphatic rings. The van der Waals surface area contributed by atoms with E-state index in [1.165, 1.54) is 19.2 Å². The third-order valence-corrected chi connectivity index (χ3v) is 3.65. The number of amides is 1. The van der Waals surface area contributed by atoms with Gasteiger partial charge >= 0.3 is 0 Å². The molecule has 0 atom stereocenters. The van der Waals surface area contributed by atoms with Crippen LogP contribution in [-0.4, -0.2) is 36.4 Å². The molecule has 0 aliphatic heterocycles. The number of halogens is 1. The van der Waals surface area contributed by atoms with Crippen molar-refractivity contribution in [2.45, 2.75) is 0 Å². The van der Waals surface area contributed by atoms with Crippen molar-refractivity contribution in [3.05, 3.63) is 64.3 Å².